The Morgan fingerprint density at radius 1 is 1.42 bits per heavy atom. The van der Waals surface area contributed by atoms with E-state index in [1.54, 1.807) is 11.3 Å². The molecule has 0 amide bonds. The van der Waals surface area contributed by atoms with Crippen LogP contribution in [0.5, 0.6) is 0 Å². The van der Waals surface area contributed by atoms with Gasteiger partial charge in [-0.2, -0.15) is 0 Å². The van der Waals surface area contributed by atoms with Crippen LogP contribution in [0.15, 0.2) is 15.9 Å². The summed E-state index contributed by atoms with van der Waals surface area (Å²) in [6.07, 6.45) is 0.982. The Bertz CT molecular complexity index is 227. The minimum absolute atomic E-state index is 0.605. The van der Waals surface area contributed by atoms with Gasteiger partial charge in [0.15, 0.2) is 0 Å². The van der Waals surface area contributed by atoms with E-state index >= 15 is 0 Å². The predicted molar refractivity (Wildman–Crippen MR) is 55.6 cm³/mol. The molecule has 0 aliphatic heterocycles. The molecule has 2 N–H and O–H groups in total. The summed E-state index contributed by atoms with van der Waals surface area (Å²) in [5.41, 5.74) is 5.28. The fourth-order valence-electron chi connectivity index (χ4n) is 0.844. The molecule has 1 aromatic heterocycles. The van der Waals surface area contributed by atoms with Gasteiger partial charge in [-0.3, -0.25) is 0 Å². The van der Waals surface area contributed by atoms with E-state index in [9.17, 15) is 0 Å². The van der Waals surface area contributed by atoms with Crippen molar-refractivity contribution in [3.8, 4) is 0 Å². The van der Waals surface area contributed by atoms with Gasteiger partial charge in [-0.15, -0.1) is 11.3 Å². The summed E-state index contributed by atoms with van der Waals surface area (Å²) in [5.74, 6) is 0. The standard InChI is InChI=1S/C8H12BrNOS/c9-8-2-1-7(12-8)3-5-11-6-4-10/h1-2H,3-6,10H2. The SMILES string of the molecule is NCCOCCc1ccc(Br)s1. The van der Waals surface area contributed by atoms with Crippen LogP contribution in [0, 0.1) is 0 Å². The predicted octanol–water partition coefficient (Wildman–Crippen LogP) is 2.03. The first kappa shape index (κ1) is 10.2. The highest BCUT2D eigenvalue weighted by molar-refractivity contribution is 9.11. The number of hydrogen-bond donors (Lipinski definition) is 1. The second kappa shape index (κ2) is 5.70. The van der Waals surface area contributed by atoms with E-state index in [-0.39, 0.29) is 0 Å². The molecule has 1 rings (SSSR count). The van der Waals surface area contributed by atoms with Crippen LogP contribution in [0.3, 0.4) is 0 Å². The van der Waals surface area contributed by atoms with E-state index in [1.165, 1.54) is 8.66 Å². The normalized spacial score (nSPS) is 10.5. The maximum absolute atomic E-state index is 5.28. The first-order valence-electron chi connectivity index (χ1n) is 3.85. The molecule has 0 bridgehead atoms. The average Bonchev–Trinajstić information content (AvgIpc) is 2.45. The van der Waals surface area contributed by atoms with Crippen LogP contribution in [0.25, 0.3) is 0 Å². The average molecular weight is 250 g/mol. The lowest BCUT2D eigenvalue weighted by molar-refractivity contribution is 0.145. The highest BCUT2D eigenvalue weighted by atomic mass is 79.9. The van der Waals surface area contributed by atoms with Gasteiger partial charge in [-0.05, 0) is 28.1 Å². The molecule has 0 aliphatic rings. The van der Waals surface area contributed by atoms with Gasteiger partial charge in [0.1, 0.15) is 0 Å². The summed E-state index contributed by atoms with van der Waals surface area (Å²) in [6.45, 7) is 2.03. The zero-order valence-electron chi connectivity index (χ0n) is 6.75. The summed E-state index contributed by atoms with van der Waals surface area (Å²) in [5, 5.41) is 0. The lowest BCUT2D eigenvalue weighted by Crippen LogP contribution is -2.09. The summed E-state index contributed by atoms with van der Waals surface area (Å²) < 4.78 is 6.44. The zero-order chi connectivity index (χ0) is 8.81. The highest BCUT2D eigenvalue weighted by Gasteiger charge is 1.96. The quantitative estimate of drug-likeness (QED) is 0.811. The van der Waals surface area contributed by atoms with Gasteiger partial charge < -0.3 is 10.5 Å². The van der Waals surface area contributed by atoms with Crippen molar-refractivity contribution in [2.24, 2.45) is 5.73 Å². The molecule has 0 aromatic carbocycles. The van der Waals surface area contributed by atoms with Crippen LogP contribution in [0.1, 0.15) is 4.88 Å². The molecule has 12 heavy (non-hydrogen) atoms. The lowest BCUT2D eigenvalue weighted by atomic mass is 10.4. The molecular weight excluding hydrogens is 238 g/mol. The molecule has 0 saturated carbocycles. The Morgan fingerprint density at radius 2 is 2.25 bits per heavy atom. The van der Waals surface area contributed by atoms with E-state index in [1.807, 2.05) is 0 Å². The minimum Gasteiger partial charge on any atom is -0.380 e. The highest BCUT2D eigenvalue weighted by Crippen LogP contribution is 2.22. The van der Waals surface area contributed by atoms with Crippen molar-refractivity contribution in [1.29, 1.82) is 0 Å². The molecule has 0 saturated heterocycles. The Kier molecular flexibility index (Phi) is 4.83. The Labute approximate surface area is 84.9 Å². The van der Waals surface area contributed by atoms with Gasteiger partial charge in [0.2, 0.25) is 0 Å². The molecule has 0 unspecified atom stereocenters. The molecule has 0 radical (unpaired) electrons. The van der Waals surface area contributed by atoms with Gasteiger partial charge in [0, 0.05) is 17.8 Å². The summed E-state index contributed by atoms with van der Waals surface area (Å²) in [7, 11) is 0. The van der Waals surface area contributed by atoms with Gasteiger partial charge in [0.25, 0.3) is 0 Å². The van der Waals surface area contributed by atoms with Crippen molar-refractivity contribution in [3.05, 3.63) is 20.8 Å². The minimum atomic E-state index is 0.605. The van der Waals surface area contributed by atoms with E-state index in [2.05, 4.69) is 28.1 Å². The van der Waals surface area contributed by atoms with E-state index in [0.717, 1.165) is 13.0 Å². The topological polar surface area (TPSA) is 35.2 Å². The van der Waals surface area contributed by atoms with Crippen molar-refractivity contribution in [2.45, 2.75) is 6.42 Å². The fourth-order valence-corrected chi connectivity index (χ4v) is 2.31. The third kappa shape index (κ3) is 3.67. The summed E-state index contributed by atoms with van der Waals surface area (Å²) in [6, 6.07) is 4.17. The Hall–Kier alpha value is 0.1000. The maximum atomic E-state index is 5.28. The maximum Gasteiger partial charge on any atom is 0.0701 e. The molecule has 0 spiro atoms. The summed E-state index contributed by atoms with van der Waals surface area (Å²) in [4.78, 5) is 1.35. The number of ether oxygens (including phenoxy) is 1. The van der Waals surface area contributed by atoms with Crippen molar-refractivity contribution >= 4 is 27.3 Å². The van der Waals surface area contributed by atoms with E-state index in [0.29, 0.717) is 13.2 Å². The van der Waals surface area contributed by atoms with Crippen molar-refractivity contribution < 1.29 is 4.74 Å². The Morgan fingerprint density at radius 3 is 2.83 bits per heavy atom. The van der Waals surface area contributed by atoms with Crippen LogP contribution in [0.2, 0.25) is 0 Å². The van der Waals surface area contributed by atoms with Gasteiger partial charge in [-0.1, -0.05) is 0 Å². The molecule has 4 heteroatoms. The van der Waals surface area contributed by atoms with Gasteiger partial charge in [-0.25, -0.2) is 0 Å². The fraction of sp³-hybridized carbons (Fsp3) is 0.500. The Balaban J connectivity index is 2.15. The molecule has 68 valence electrons. The number of halogens is 1. The molecule has 0 fully saturated rings. The van der Waals surface area contributed by atoms with Crippen molar-refractivity contribution in [3.63, 3.8) is 0 Å². The van der Waals surface area contributed by atoms with Gasteiger partial charge in [0.05, 0.1) is 17.0 Å². The van der Waals surface area contributed by atoms with Gasteiger partial charge >= 0.3 is 0 Å². The first-order chi connectivity index (χ1) is 5.83. The zero-order valence-corrected chi connectivity index (χ0v) is 9.16. The third-order valence-corrected chi connectivity index (χ3v) is 3.07. The van der Waals surface area contributed by atoms with Crippen molar-refractivity contribution in [2.75, 3.05) is 19.8 Å². The van der Waals surface area contributed by atoms with Crippen LogP contribution >= 0.6 is 27.3 Å². The molecular formula is C8H12BrNOS. The number of thiophene rings is 1. The molecule has 1 aromatic rings. The van der Waals surface area contributed by atoms with Crippen LogP contribution in [-0.4, -0.2) is 19.8 Å². The molecule has 2 nitrogen and oxygen atoms in total. The largest absolute Gasteiger partial charge is 0.380 e. The molecule has 1 heterocycles. The van der Waals surface area contributed by atoms with E-state index < -0.39 is 0 Å². The van der Waals surface area contributed by atoms with Crippen molar-refractivity contribution in [1.82, 2.24) is 0 Å². The van der Waals surface area contributed by atoms with E-state index in [4.69, 9.17) is 10.5 Å². The first-order valence-corrected chi connectivity index (χ1v) is 5.46. The second-order valence-electron chi connectivity index (χ2n) is 2.36. The lowest BCUT2D eigenvalue weighted by Gasteiger charge is -1.99. The number of hydrogen-bond acceptors (Lipinski definition) is 3. The van der Waals surface area contributed by atoms with Crippen LogP contribution < -0.4 is 5.73 Å². The molecule has 0 atom stereocenters. The molecule has 0 aliphatic carbocycles. The monoisotopic (exact) mass is 249 g/mol. The van der Waals surface area contributed by atoms with Crippen LogP contribution in [0.4, 0.5) is 0 Å². The van der Waals surface area contributed by atoms with Crippen LogP contribution in [-0.2, 0) is 11.2 Å². The third-order valence-electron chi connectivity index (χ3n) is 1.38. The second-order valence-corrected chi connectivity index (χ2v) is 4.90. The number of nitrogens with two attached hydrogens (primary N) is 1. The smallest absolute Gasteiger partial charge is 0.0701 e. The summed E-state index contributed by atoms with van der Waals surface area (Å²) >= 11 is 5.16. The number of rotatable bonds is 5.